The Morgan fingerprint density at radius 3 is 2.32 bits per heavy atom. The number of rotatable bonds is 5. The van der Waals surface area contributed by atoms with Gasteiger partial charge in [-0.1, -0.05) is 35.9 Å². The van der Waals surface area contributed by atoms with Crippen LogP contribution in [0, 0.1) is 12.8 Å². The number of piperidine rings is 1. The lowest BCUT2D eigenvalue weighted by Gasteiger charge is -2.37. The highest BCUT2D eigenvalue weighted by Crippen LogP contribution is 2.25. The molecule has 2 aromatic rings. The van der Waals surface area contributed by atoms with Gasteiger partial charge in [-0.2, -0.15) is 0 Å². The molecule has 1 atom stereocenters. The molecule has 7 nitrogen and oxygen atoms in total. The highest BCUT2D eigenvalue weighted by molar-refractivity contribution is 6.30. The van der Waals surface area contributed by atoms with E-state index in [1.165, 1.54) is 0 Å². The summed E-state index contributed by atoms with van der Waals surface area (Å²) < 4.78 is 0. The van der Waals surface area contributed by atoms with Crippen LogP contribution in [0.15, 0.2) is 48.5 Å². The molecule has 34 heavy (non-hydrogen) atoms. The average molecular weight is 483 g/mol. The highest BCUT2D eigenvalue weighted by atomic mass is 35.5. The van der Waals surface area contributed by atoms with Crippen molar-refractivity contribution in [3.8, 4) is 0 Å². The minimum Gasteiger partial charge on any atom is -0.341 e. The third-order valence-corrected chi connectivity index (χ3v) is 6.97. The molecule has 0 bridgehead atoms. The molecule has 0 spiro atoms. The van der Waals surface area contributed by atoms with Crippen molar-refractivity contribution in [3.05, 3.63) is 64.7 Å². The van der Waals surface area contributed by atoms with E-state index in [-0.39, 0.29) is 23.8 Å². The second-order valence-corrected chi connectivity index (χ2v) is 9.50. The third kappa shape index (κ3) is 5.70. The summed E-state index contributed by atoms with van der Waals surface area (Å²) in [5.74, 6) is -0.269. The van der Waals surface area contributed by atoms with E-state index in [2.05, 4.69) is 10.6 Å². The number of anilines is 1. The van der Waals surface area contributed by atoms with Gasteiger partial charge >= 0.3 is 6.03 Å². The lowest BCUT2D eigenvalue weighted by molar-refractivity contribution is -0.134. The molecule has 0 aliphatic carbocycles. The Labute approximate surface area is 205 Å². The molecule has 4 rings (SSSR count). The van der Waals surface area contributed by atoms with Crippen LogP contribution >= 0.6 is 11.6 Å². The Hall–Kier alpha value is -3.06. The number of nitrogens with one attached hydrogen (secondary N) is 2. The zero-order chi connectivity index (χ0) is 24.1. The summed E-state index contributed by atoms with van der Waals surface area (Å²) >= 11 is 6.01. The SMILES string of the molecule is Cc1ccccc1C(=O)NC(C(=O)N1CCCC1)C1CCN(C(=O)Nc2cccc(Cl)c2)CC1. The second-order valence-electron chi connectivity index (χ2n) is 9.06. The maximum Gasteiger partial charge on any atom is 0.321 e. The van der Waals surface area contributed by atoms with E-state index in [9.17, 15) is 14.4 Å². The summed E-state index contributed by atoms with van der Waals surface area (Å²) in [4.78, 5) is 42.8. The Morgan fingerprint density at radius 2 is 1.65 bits per heavy atom. The van der Waals surface area contributed by atoms with Gasteiger partial charge in [-0.3, -0.25) is 9.59 Å². The number of carbonyl (C=O) groups excluding carboxylic acids is 3. The van der Waals surface area contributed by atoms with Crippen LogP contribution in [-0.2, 0) is 4.79 Å². The first-order valence-corrected chi connectivity index (χ1v) is 12.3. The first kappa shape index (κ1) is 24.1. The number of benzene rings is 2. The molecule has 2 heterocycles. The second kappa shape index (κ2) is 10.9. The summed E-state index contributed by atoms with van der Waals surface area (Å²) in [6.45, 7) is 4.39. The van der Waals surface area contributed by atoms with Crippen LogP contribution < -0.4 is 10.6 Å². The third-order valence-electron chi connectivity index (χ3n) is 6.73. The van der Waals surface area contributed by atoms with Crippen LogP contribution in [0.2, 0.25) is 5.02 Å². The van der Waals surface area contributed by atoms with E-state index in [4.69, 9.17) is 11.6 Å². The highest BCUT2D eigenvalue weighted by Gasteiger charge is 2.37. The molecule has 0 saturated carbocycles. The number of urea groups is 1. The van der Waals surface area contributed by atoms with Gasteiger partial charge in [-0.05, 0) is 68.4 Å². The van der Waals surface area contributed by atoms with Gasteiger partial charge in [-0.15, -0.1) is 0 Å². The topological polar surface area (TPSA) is 81.8 Å². The normalized spacial score (nSPS) is 17.4. The van der Waals surface area contributed by atoms with Gasteiger partial charge in [0.05, 0.1) is 0 Å². The van der Waals surface area contributed by atoms with Gasteiger partial charge in [0, 0.05) is 42.5 Å². The minimum absolute atomic E-state index is 0.0127. The van der Waals surface area contributed by atoms with Crippen LogP contribution in [0.4, 0.5) is 10.5 Å². The summed E-state index contributed by atoms with van der Waals surface area (Å²) in [6.07, 6.45) is 3.27. The fourth-order valence-electron chi connectivity index (χ4n) is 4.77. The number of amides is 4. The van der Waals surface area contributed by atoms with Crippen molar-refractivity contribution < 1.29 is 14.4 Å². The van der Waals surface area contributed by atoms with E-state index in [0.29, 0.717) is 42.2 Å². The van der Waals surface area contributed by atoms with Crippen LogP contribution in [0.5, 0.6) is 0 Å². The largest absolute Gasteiger partial charge is 0.341 e. The van der Waals surface area contributed by atoms with Crippen LogP contribution in [0.3, 0.4) is 0 Å². The fourth-order valence-corrected chi connectivity index (χ4v) is 4.96. The minimum atomic E-state index is -0.594. The molecule has 0 radical (unpaired) electrons. The van der Waals surface area contributed by atoms with Gasteiger partial charge in [0.25, 0.3) is 5.91 Å². The van der Waals surface area contributed by atoms with Gasteiger partial charge in [0.1, 0.15) is 6.04 Å². The molecule has 2 N–H and O–H groups in total. The van der Waals surface area contributed by atoms with Crippen molar-refractivity contribution in [2.24, 2.45) is 5.92 Å². The Morgan fingerprint density at radius 1 is 0.941 bits per heavy atom. The molecule has 2 aliphatic rings. The lowest BCUT2D eigenvalue weighted by Crippen LogP contribution is -2.54. The summed E-state index contributed by atoms with van der Waals surface area (Å²) in [5.41, 5.74) is 2.10. The molecule has 8 heteroatoms. The van der Waals surface area contributed by atoms with Crippen LogP contribution in [0.1, 0.15) is 41.6 Å². The van der Waals surface area contributed by atoms with Gasteiger partial charge in [0.15, 0.2) is 0 Å². The van der Waals surface area contributed by atoms with E-state index in [1.807, 2.05) is 30.0 Å². The zero-order valence-corrected chi connectivity index (χ0v) is 20.2. The van der Waals surface area contributed by atoms with Crippen molar-refractivity contribution in [1.82, 2.24) is 15.1 Å². The van der Waals surface area contributed by atoms with Crippen molar-refractivity contribution in [2.75, 3.05) is 31.5 Å². The predicted octanol–water partition coefficient (Wildman–Crippen LogP) is 4.31. The Kier molecular flexibility index (Phi) is 7.73. The summed E-state index contributed by atoms with van der Waals surface area (Å²) in [7, 11) is 0. The number of likely N-dealkylation sites (tertiary alicyclic amines) is 2. The zero-order valence-electron chi connectivity index (χ0n) is 19.4. The summed E-state index contributed by atoms with van der Waals surface area (Å²) in [6, 6.07) is 13.7. The molecule has 1 unspecified atom stereocenters. The quantitative estimate of drug-likeness (QED) is 0.666. The smallest absolute Gasteiger partial charge is 0.321 e. The van der Waals surface area contributed by atoms with E-state index < -0.39 is 6.04 Å². The number of aryl methyl sites for hydroxylation is 1. The van der Waals surface area contributed by atoms with Crippen molar-refractivity contribution in [3.63, 3.8) is 0 Å². The maximum atomic E-state index is 13.4. The Balaban J connectivity index is 1.42. The van der Waals surface area contributed by atoms with E-state index in [0.717, 1.165) is 31.5 Å². The molecule has 2 fully saturated rings. The van der Waals surface area contributed by atoms with Gasteiger partial charge in [0.2, 0.25) is 5.91 Å². The number of hydrogen-bond donors (Lipinski definition) is 2. The number of nitrogens with zero attached hydrogens (tertiary/aromatic N) is 2. The first-order valence-electron chi connectivity index (χ1n) is 11.9. The molecular weight excluding hydrogens is 452 g/mol. The average Bonchev–Trinajstić information content (AvgIpc) is 3.37. The molecule has 2 aliphatic heterocycles. The number of carbonyl (C=O) groups is 3. The van der Waals surface area contributed by atoms with Crippen LogP contribution in [-0.4, -0.2) is 59.9 Å². The standard InChI is InChI=1S/C26H31ClN4O3/c1-18-7-2-3-10-22(18)24(32)29-23(25(33)30-13-4-5-14-30)19-11-15-31(16-12-19)26(34)28-21-9-6-8-20(27)17-21/h2-3,6-10,17,19,23H,4-5,11-16H2,1H3,(H,28,34)(H,29,32). The fraction of sp³-hybridized carbons (Fsp3) is 0.423. The maximum absolute atomic E-state index is 13.4. The molecule has 2 aromatic carbocycles. The molecular formula is C26H31ClN4O3. The molecule has 0 aromatic heterocycles. The van der Waals surface area contributed by atoms with Crippen molar-refractivity contribution in [2.45, 2.75) is 38.6 Å². The summed E-state index contributed by atoms with van der Waals surface area (Å²) in [5, 5.41) is 6.49. The number of hydrogen-bond acceptors (Lipinski definition) is 3. The first-order chi connectivity index (χ1) is 16.4. The van der Waals surface area contributed by atoms with Crippen molar-refractivity contribution >= 4 is 35.1 Å². The molecule has 180 valence electrons. The monoisotopic (exact) mass is 482 g/mol. The van der Waals surface area contributed by atoms with Crippen LogP contribution in [0.25, 0.3) is 0 Å². The van der Waals surface area contributed by atoms with Crippen molar-refractivity contribution in [1.29, 1.82) is 0 Å². The Bertz CT molecular complexity index is 1050. The molecule has 2 saturated heterocycles. The van der Waals surface area contributed by atoms with E-state index >= 15 is 0 Å². The van der Waals surface area contributed by atoms with Gasteiger partial charge < -0.3 is 20.4 Å². The lowest BCUT2D eigenvalue weighted by atomic mass is 9.88. The van der Waals surface area contributed by atoms with Gasteiger partial charge in [-0.25, -0.2) is 4.79 Å². The van der Waals surface area contributed by atoms with E-state index in [1.54, 1.807) is 35.2 Å². The molecule has 4 amide bonds. The predicted molar refractivity (Wildman–Crippen MR) is 133 cm³/mol. The number of halogens is 1.